The van der Waals surface area contributed by atoms with Gasteiger partial charge in [0.2, 0.25) is 0 Å². The topological polar surface area (TPSA) is 103 Å². The van der Waals surface area contributed by atoms with Crippen molar-refractivity contribution in [3.05, 3.63) is 51.2 Å². The summed E-state index contributed by atoms with van der Waals surface area (Å²) in [4.78, 5) is 41.5. The Bertz CT molecular complexity index is 1560. The Morgan fingerprint density at radius 3 is 2.51 bits per heavy atom. The van der Waals surface area contributed by atoms with Crippen LogP contribution in [0.25, 0.3) is 11.2 Å². The third kappa shape index (κ3) is 4.02. The van der Waals surface area contributed by atoms with Gasteiger partial charge in [-0.05, 0) is 58.7 Å². The first-order valence-corrected chi connectivity index (χ1v) is 13.7. The van der Waals surface area contributed by atoms with Crippen LogP contribution in [0.3, 0.4) is 0 Å². The summed E-state index contributed by atoms with van der Waals surface area (Å²) in [5.41, 5.74) is 3.74. The number of imidazole rings is 1. The van der Waals surface area contributed by atoms with Crippen molar-refractivity contribution < 1.29 is 4.79 Å². The number of fused-ring (bicyclic) bond motifs is 2. The van der Waals surface area contributed by atoms with Crippen LogP contribution in [0.1, 0.15) is 74.9 Å². The van der Waals surface area contributed by atoms with Crippen LogP contribution in [0.5, 0.6) is 0 Å². The van der Waals surface area contributed by atoms with E-state index in [1.165, 1.54) is 10.1 Å². The Kier molecular flexibility index (Phi) is 6.54. The van der Waals surface area contributed by atoms with Crippen LogP contribution in [0.15, 0.2) is 23.0 Å². The maximum atomic E-state index is 13.0. The summed E-state index contributed by atoms with van der Waals surface area (Å²) < 4.78 is 3.47. The first-order chi connectivity index (χ1) is 18.4. The third-order valence-electron chi connectivity index (χ3n) is 8.95. The van der Waals surface area contributed by atoms with Gasteiger partial charge < -0.3 is 14.4 Å². The number of piperazine rings is 1. The molecule has 206 valence electrons. The van der Waals surface area contributed by atoms with Gasteiger partial charge in [-0.25, -0.2) is 9.78 Å². The lowest BCUT2D eigenvalue weighted by Gasteiger charge is -2.47. The van der Waals surface area contributed by atoms with Crippen molar-refractivity contribution in [3.8, 4) is 6.07 Å². The van der Waals surface area contributed by atoms with Gasteiger partial charge in [-0.1, -0.05) is 12.1 Å². The van der Waals surface area contributed by atoms with Crippen LogP contribution >= 0.6 is 0 Å². The minimum absolute atomic E-state index is 0.0704. The second-order valence-electron chi connectivity index (χ2n) is 11.5. The van der Waals surface area contributed by atoms with E-state index in [1.807, 2.05) is 29.5 Å². The molecule has 2 aliphatic rings. The highest BCUT2D eigenvalue weighted by Gasteiger charge is 2.41. The fraction of sp³-hybridized carbons (Fsp3) is 0.552. The monoisotopic (exact) mass is 530 g/mol. The molecule has 1 fully saturated rings. The van der Waals surface area contributed by atoms with E-state index in [9.17, 15) is 14.9 Å². The lowest BCUT2D eigenvalue weighted by molar-refractivity contribution is 0.0691. The number of benzene rings is 1. The molecule has 0 bridgehead atoms. The average molecular weight is 531 g/mol. The molecule has 4 heterocycles. The van der Waals surface area contributed by atoms with Crippen molar-refractivity contribution in [3.63, 3.8) is 0 Å². The smallest absolute Gasteiger partial charge is 0.349 e. The van der Waals surface area contributed by atoms with E-state index < -0.39 is 0 Å². The molecule has 10 heteroatoms. The van der Waals surface area contributed by atoms with Gasteiger partial charge >= 0.3 is 5.69 Å². The molecule has 1 saturated heterocycles. The van der Waals surface area contributed by atoms with Gasteiger partial charge in [0.15, 0.2) is 5.82 Å². The van der Waals surface area contributed by atoms with E-state index in [-0.39, 0.29) is 41.7 Å². The summed E-state index contributed by atoms with van der Waals surface area (Å²) in [6.07, 6.45) is 0.173. The molecule has 2 aliphatic heterocycles. The predicted octanol–water partition coefficient (Wildman–Crippen LogP) is 3.20. The van der Waals surface area contributed by atoms with Gasteiger partial charge in [-0.15, -0.1) is 0 Å². The lowest BCUT2D eigenvalue weighted by Crippen LogP contribution is -2.57. The molecule has 3 aromatic rings. The normalized spacial score (nSPS) is 21.9. The third-order valence-corrected chi connectivity index (χ3v) is 8.95. The number of nitrogens with zero attached hydrogens (tertiary/aromatic N) is 8. The Morgan fingerprint density at radius 1 is 1.13 bits per heavy atom. The number of nitriles is 1. The van der Waals surface area contributed by atoms with E-state index in [1.54, 1.807) is 7.05 Å². The van der Waals surface area contributed by atoms with E-state index in [2.05, 4.69) is 67.6 Å². The second kappa shape index (κ2) is 9.49. The standard InChI is InChI=1S/C29H38N8O2/c1-9-35-23(12-13-30)31-24-25(32-28(39)33(7)26(24)35)37-16-17(2)36(15-18(37)3)19(4)20-10-11-21-22(14-20)29(5,6)34(8)27(21)38/h10-11,14,17-19H,9,12,15-16H2,1-8H3/t17-,18+,19?/m1/s1. The van der Waals surface area contributed by atoms with E-state index >= 15 is 0 Å². The van der Waals surface area contributed by atoms with Gasteiger partial charge in [-0.3, -0.25) is 14.3 Å². The first kappa shape index (κ1) is 26.9. The minimum atomic E-state index is -0.345. The zero-order valence-electron chi connectivity index (χ0n) is 24.2. The van der Waals surface area contributed by atoms with Crippen LogP contribution in [-0.4, -0.2) is 67.0 Å². The van der Waals surface area contributed by atoms with Crippen LogP contribution in [0.4, 0.5) is 5.82 Å². The van der Waals surface area contributed by atoms with Gasteiger partial charge in [0.05, 0.1) is 18.0 Å². The largest absolute Gasteiger partial charge is 0.350 e. The molecular weight excluding hydrogens is 492 g/mol. The highest BCUT2D eigenvalue weighted by atomic mass is 16.2. The summed E-state index contributed by atoms with van der Waals surface area (Å²) in [5.74, 6) is 1.31. The fourth-order valence-corrected chi connectivity index (χ4v) is 6.34. The van der Waals surface area contributed by atoms with E-state index in [4.69, 9.17) is 4.98 Å². The molecule has 39 heavy (non-hydrogen) atoms. The molecule has 0 saturated carbocycles. The Labute approximate surface area is 229 Å². The number of aromatic nitrogens is 4. The number of amides is 1. The molecule has 10 nitrogen and oxygen atoms in total. The fourth-order valence-electron chi connectivity index (χ4n) is 6.34. The Hall–Kier alpha value is -3.71. The lowest BCUT2D eigenvalue weighted by atomic mass is 9.90. The number of hydrogen-bond acceptors (Lipinski definition) is 7. The maximum Gasteiger partial charge on any atom is 0.350 e. The molecule has 1 amide bonds. The minimum Gasteiger partial charge on any atom is -0.349 e. The van der Waals surface area contributed by atoms with Gasteiger partial charge in [0.1, 0.15) is 17.0 Å². The highest BCUT2D eigenvalue weighted by molar-refractivity contribution is 5.99. The summed E-state index contributed by atoms with van der Waals surface area (Å²) in [5, 5.41) is 9.34. The average Bonchev–Trinajstić information content (AvgIpc) is 3.35. The van der Waals surface area contributed by atoms with Crippen molar-refractivity contribution >= 4 is 22.9 Å². The van der Waals surface area contributed by atoms with Gasteiger partial charge in [-0.2, -0.15) is 10.2 Å². The summed E-state index contributed by atoms with van der Waals surface area (Å²) in [6, 6.07) is 8.85. The predicted molar refractivity (Wildman–Crippen MR) is 151 cm³/mol. The van der Waals surface area contributed by atoms with Crippen LogP contribution < -0.4 is 10.6 Å². The van der Waals surface area contributed by atoms with E-state index in [0.29, 0.717) is 35.9 Å². The molecule has 1 unspecified atom stereocenters. The SMILES string of the molecule is CCn1c(CC#N)nc2c(N3C[C@@H](C)N(C(C)c4ccc5c(c4)C(C)(C)N(C)C5=O)C[C@@H]3C)nc(=O)n(C)c21. The van der Waals surface area contributed by atoms with Crippen LogP contribution in [-0.2, 0) is 25.6 Å². The number of aryl methyl sites for hydroxylation is 2. The number of carbonyl (C=O) groups excluding carboxylic acids is 1. The van der Waals surface area contributed by atoms with Crippen molar-refractivity contribution in [2.24, 2.45) is 7.05 Å². The second-order valence-corrected chi connectivity index (χ2v) is 11.5. The molecule has 0 spiro atoms. The molecule has 0 N–H and O–H groups in total. The molecule has 2 aromatic heterocycles. The molecule has 5 rings (SSSR count). The van der Waals surface area contributed by atoms with Crippen LogP contribution in [0.2, 0.25) is 0 Å². The zero-order chi connectivity index (χ0) is 28.4. The number of rotatable bonds is 5. The van der Waals surface area contributed by atoms with Crippen molar-refractivity contribution in [2.45, 2.75) is 78.2 Å². The Balaban J connectivity index is 1.47. The van der Waals surface area contributed by atoms with Crippen molar-refractivity contribution in [1.29, 1.82) is 5.26 Å². The van der Waals surface area contributed by atoms with E-state index in [0.717, 1.165) is 17.7 Å². The molecule has 3 atom stereocenters. The quantitative estimate of drug-likeness (QED) is 0.499. The molecule has 0 aliphatic carbocycles. The number of anilines is 1. The van der Waals surface area contributed by atoms with Crippen molar-refractivity contribution in [1.82, 2.24) is 28.9 Å². The first-order valence-electron chi connectivity index (χ1n) is 13.7. The number of hydrogen-bond donors (Lipinski definition) is 0. The molecule has 1 aromatic carbocycles. The number of carbonyl (C=O) groups is 1. The van der Waals surface area contributed by atoms with Crippen molar-refractivity contribution in [2.75, 3.05) is 25.0 Å². The maximum absolute atomic E-state index is 13.0. The van der Waals surface area contributed by atoms with Gasteiger partial charge in [0, 0.05) is 57.4 Å². The molecular formula is C29H38N8O2. The van der Waals surface area contributed by atoms with Gasteiger partial charge in [0.25, 0.3) is 5.91 Å². The zero-order valence-corrected chi connectivity index (χ0v) is 24.2. The Morgan fingerprint density at radius 2 is 1.85 bits per heavy atom. The summed E-state index contributed by atoms with van der Waals surface area (Å²) >= 11 is 0. The van der Waals surface area contributed by atoms with Crippen LogP contribution in [0, 0.1) is 11.3 Å². The summed E-state index contributed by atoms with van der Waals surface area (Å²) in [6.45, 7) is 14.8. The molecule has 0 radical (unpaired) electrons. The summed E-state index contributed by atoms with van der Waals surface area (Å²) in [7, 11) is 3.57. The highest BCUT2D eigenvalue weighted by Crippen LogP contribution is 2.40.